The van der Waals surface area contributed by atoms with Gasteiger partial charge in [-0.25, -0.2) is 4.98 Å². The van der Waals surface area contributed by atoms with Crippen molar-refractivity contribution in [2.24, 2.45) is 0 Å². The van der Waals surface area contributed by atoms with E-state index in [-0.39, 0.29) is 0 Å². The molecule has 2 aromatic carbocycles. The molecule has 84 valence electrons. The number of rotatable bonds is 2. The molecule has 0 atom stereocenters. The molecule has 0 saturated heterocycles. The largest absolute Gasteiger partial charge is 0.241 e. The number of benzene rings is 2. The lowest BCUT2D eigenvalue weighted by atomic mass is 10.1. The second-order valence-corrected chi connectivity index (χ2v) is 4.88. The molecule has 1 nitrogen and oxygen atoms in total. The van der Waals surface area contributed by atoms with Crippen LogP contribution in [-0.2, 0) is 6.42 Å². The first-order valence-electron chi connectivity index (χ1n) is 5.81. The number of fused-ring (bicyclic) bond motifs is 1. The van der Waals surface area contributed by atoms with Crippen LogP contribution in [-0.4, -0.2) is 4.98 Å². The molecular formula is C15H13NS. The van der Waals surface area contributed by atoms with Crippen molar-refractivity contribution >= 4 is 22.1 Å². The molecule has 0 amide bonds. The minimum Gasteiger partial charge on any atom is -0.241 e. The highest BCUT2D eigenvalue weighted by Gasteiger charge is 2.06. The SMILES string of the molecule is CCc1csc(-c2cccc3ccccc23)n1. The van der Waals surface area contributed by atoms with Gasteiger partial charge in [0.25, 0.3) is 0 Å². The van der Waals surface area contributed by atoms with Crippen molar-refractivity contribution < 1.29 is 0 Å². The summed E-state index contributed by atoms with van der Waals surface area (Å²) in [5, 5.41) is 5.83. The van der Waals surface area contributed by atoms with Gasteiger partial charge in [0.05, 0.1) is 5.69 Å². The molecule has 0 bridgehead atoms. The van der Waals surface area contributed by atoms with Crippen LogP contribution in [0.15, 0.2) is 47.8 Å². The fraction of sp³-hybridized carbons (Fsp3) is 0.133. The molecule has 0 radical (unpaired) electrons. The number of hydrogen-bond acceptors (Lipinski definition) is 2. The maximum absolute atomic E-state index is 4.67. The van der Waals surface area contributed by atoms with Crippen molar-refractivity contribution in [1.82, 2.24) is 4.98 Å². The molecule has 17 heavy (non-hydrogen) atoms. The highest BCUT2D eigenvalue weighted by molar-refractivity contribution is 7.13. The van der Waals surface area contributed by atoms with Crippen molar-refractivity contribution in [3.8, 4) is 10.6 Å². The highest BCUT2D eigenvalue weighted by atomic mass is 32.1. The van der Waals surface area contributed by atoms with Gasteiger partial charge in [-0.3, -0.25) is 0 Å². The van der Waals surface area contributed by atoms with Gasteiger partial charge in [-0.15, -0.1) is 11.3 Å². The summed E-state index contributed by atoms with van der Waals surface area (Å²) in [6.45, 7) is 2.14. The Morgan fingerprint density at radius 3 is 2.71 bits per heavy atom. The van der Waals surface area contributed by atoms with E-state index in [0.29, 0.717) is 0 Å². The van der Waals surface area contributed by atoms with E-state index >= 15 is 0 Å². The van der Waals surface area contributed by atoms with Gasteiger partial charge in [0.15, 0.2) is 0 Å². The minimum atomic E-state index is 1.00. The lowest BCUT2D eigenvalue weighted by molar-refractivity contribution is 1.07. The van der Waals surface area contributed by atoms with Crippen LogP contribution in [0.3, 0.4) is 0 Å². The summed E-state index contributed by atoms with van der Waals surface area (Å²) in [6.07, 6.45) is 1.00. The summed E-state index contributed by atoms with van der Waals surface area (Å²) in [6, 6.07) is 14.9. The Hall–Kier alpha value is -1.67. The molecule has 0 unspecified atom stereocenters. The van der Waals surface area contributed by atoms with Crippen molar-refractivity contribution in [2.75, 3.05) is 0 Å². The Morgan fingerprint density at radius 1 is 1.06 bits per heavy atom. The third-order valence-corrected chi connectivity index (χ3v) is 3.86. The van der Waals surface area contributed by atoms with Crippen LogP contribution in [0.4, 0.5) is 0 Å². The average molecular weight is 239 g/mol. The molecule has 0 saturated carbocycles. The fourth-order valence-corrected chi connectivity index (χ4v) is 2.95. The molecule has 0 N–H and O–H groups in total. The summed E-state index contributed by atoms with van der Waals surface area (Å²) in [5.41, 5.74) is 2.42. The third kappa shape index (κ3) is 1.85. The van der Waals surface area contributed by atoms with Crippen molar-refractivity contribution in [2.45, 2.75) is 13.3 Å². The molecule has 3 rings (SSSR count). The molecule has 0 aliphatic carbocycles. The van der Waals surface area contributed by atoms with E-state index in [9.17, 15) is 0 Å². The van der Waals surface area contributed by atoms with Gasteiger partial charge in [0.1, 0.15) is 5.01 Å². The zero-order valence-electron chi connectivity index (χ0n) is 9.68. The van der Waals surface area contributed by atoms with E-state index in [2.05, 4.69) is 59.8 Å². The minimum absolute atomic E-state index is 1.00. The van der Waals surface area contributed by atoms with Crippen LogP contribution < -0.4 is 0 Å². The van der Waals surface area contributed by atoms with E-state index in [4.69, 9.17) is 0 Å². The Bertz CT molecular complexity index is 649. The van der Waals surface area contributed by atoms with E-state index in [0.717, 1.165) is 11.4 Å². The van der Waals surface area contributed by atoms with Gasteiger partial charge in [0, 0.05) is 10.9 Å². The van der Waals surface area contributed by atoms with Crippen LogP contribution in [0.2, 0.25) is 0 Å². The number of aromatic nitrogens is 1. The van der Waals surface area contributed by atoms with E-state index < -0.39 is 0 Å². The molecule has 0 aliphatic rings. The first-order chi connectivity index (χ1) is 8.38. The Morgan fingerprint density at radius 2 is 1.88 bits per heavy atom. The zero-order chi connectivity index (χ0) is 11.7. The van der Waals surface area contributed by atoms with Gasteiger partial charge in [-0.2, -0.15) is 0 Å². The van der Waals surface area contributed by atoms with Crippen LogP contribution in [0.5, 0.6) is 0 Å². The van der Waals surface area contributed by atoms with Gasteiger partial charge < -0.3 is 0 Å². The van der Waals surface area contributed by atoms with Gasteiger partial charge in [0.2, 0.25) is 0 Å². The number of hydrogen-bond donors (Lipinski definition) is 0. The maximum atomic E-state index is 4.67. The highest BCUT2D eigenvalue weighted by Crippen LogP contribution is 2.30. The second-order valence-electron chi connectivity index (χ2n) is 4.02. The van der Waals surface area contributed by atoms with Crippen LogP contribution >= 0.6 is 11.3 Å². The van der Waals surface area contributed by atoms with Crippen LogP contribution in [0.1, 0.15) is 12.6 Å². The summed E-state index contributed by atoms with van der Waals surface area (Å²) >= 11 is 1.73. The molecule has 1 aromatic heterocycles. The normalized spacial score (nSPS) is 10.9. The van der Waals surface area contributed by atoms with Crippen molar-refractivity contribution in [1.29, 1.82) is 0 Å². The van der Waals surface area contributed by atoms with Crippen LogP contribution in [0, 0.1) is 0 Å². The molecular weight excluding hydrogens is 226 g/mol. The molecule has 1 heterocycles. The number of nitrogens with zero attached hydrogens (tertiary/aromatic N) is 1. The standard InChI is InChI=1S/C15H13NS/c1-2-12-10-17-15(16-12)14-9-5-7-11-6-3-4-8-13(11)14/h3-10H,2H2,1H3. The van der Waals surface area contributed by atoms with Gasteiger partial charge in [-0.05, 0) is 17.2 Å². The molecule has 0 spiro atoms. The quantitative estimate of drug-likeness (QED) is 0.640. The summed E-state index contributed by atoms with van der Waals surface area (Å²) in [4.78, 5) is 4.67. The molecule has 0 aliphatic heterocycles. The van der Waals surface area contributed by atoms with Gasteiger partial charge >= 0.3 is 0 Å². The lowest BCUT2D eigenvalue weighted by Crippen LogP contribution is -1.82. The van der Waals surface area contributed by atoms with Gasteiger partial charge in [-0.1, -0.05) is 49.4 Å². The van der Waals surface area contributed by atoms with E-state index in [1.54, 1.807) is 11.3 Å². The van der Waals surface area contributed by atoms with E-state index in [1.165, 1.54) is 22.0 Å². The van der Waals surface area contributed by atoms with E-state index in [1.807, 2.05) is 0 Å². The van der Waals surface area contributed by atoms with Crippen molar-refractivity contribution in [3.05, 3.63) is 53.5 Å². The summed E-state index contributed by atoms with van der Waals surface area (Å²) in [5.74, 6) is 0. The second kappa shape index (κ2) is 4.30. The Balaban J connectivity index is 2.23. The Labute approximate surface area is 105 Å². The number of thiazole rings is 1. The molecule has 0 fully saturated rings. The lowest BCUT2D eigenvalue weighted by Gasteiger charge is -2.02. The predicted octanol–water partition coefficient (Wildman–Crippen LogP) is 4.53. The number of aryl methyl sites for hydroxylation is 1. The third-order valence-electron chi connectivity index (χ3n) is 2.93. The summed E-state index contributed by atoms with van der Waals surface area (Å²) in [7, 11) is 0. The smallest absolute Gasteiger partial charge is 0.124 e. The topological polar surface area (TPSA) is 12.9 Å². The maximum Gasteiger partial charge on any atom is 0.124 e. The molecule has 3 aromatic rings. The van der Waals surface area contributed by atoms with Crippen LogP contribution in [0.25, 0.3) is 21.3 Å². The zero-order valence-corrected chi connectivity index (χ0v) is 10.5. The first kappa shape index (κ1) is 10.5. The average Bonchev–Trinajstić information content (AvgIpc) is 2.87. The first-order valence-corrected chi connectivity index (χ1v) is 6.69. The predicted molar refractivity (Wildman–Crippen MR) is 74.4 cm³/mol. The fourth-order valence-electron chi connectivity index (χ4n) is 2.00. The van der Waals surface area contributed by atoms with Crippen molar-refractivity contribution in [3.63, 3.8) is 0 Å². The Kier molecular flexibility index (Phi) is 2.65. The molecule has 2 heteroatoms. The monoisotopic (exact) mass is 239 g/mol. The summed E-state index contributed by atoms with van der Waals surface area (Å²) < 4.78 is 0.